The first-order valence-electron chi connectivity index (χ1n) is 10.1. The van der Waals surface area contributed by atoms with Crippen molar-refractivity contribution in [1.29, 1.82) is 0 Å². The van der Waals surface area contributed by atoms with Crippen LogP contribution in [0.4, 0.5) is 24.7 Å². The molecule has 0 fully saturated rings. The smallest absolute Gasteiger partial charge is 0.344 e. The van der Waals surface area contributed by atoms with E-state index in [4.69, 9.17) is 0 Å². The van der Waals surface area contributed by atoms with Gasteiger partial charge in [0.15, 0.2) is 0 Å². The summed E-state index contributed by atoms with van der Waals surface area (Å²) in [6.07, 6.45) is -0.880. The molecule has 5 rings (SSSR count). The summed E-state index contributed by atoms with van der Waals surface area (Å²) >= 11 is 0. The Morgan fingerprint density at radius 3 is 2.55 bits per heavy atom. The van der Waals surface area contributed by atoms with Crippen LogP contribution in [0.3, 0.4) is 0 Å². The quantitative estimate of drug-likeness (QED) is 0.384. The molecule has 0 saturated carbocycles. The van der Waals surface area contributed by atoms with Crippen molar-refractivity contribution < 1.29 is 18.0 Å². The summed E-state index contributed by atoms with van der Waals surface area (Å²) in [5.41, 5.74) is 3.04. The molecule has 2 aromatic heterocycles. The molecule has 3 heterocycles. The Kier molecular flexibility index (Phi) is 4.81. The molecular formula is C24H18F3N5O. The van der Waals surface area contributed by atoms with Crippen molar-refractivity contribution in [2.75, 3.05) is 4.90 Å². The Morgan fingerprint density at radius 2 is 1.82 bits per heavy atom. The number of alkyl halides is 3. The summed E-state index contributed by atoms with van der Waals surface area (Å²) in [6, 6.07) is 14.0. The number of imidazole rings is 1. The molecule has 3 N–H and O–H groups in total. The van der Waals surface area contributed by atoms with Crippen LogP contribution in [0.1, 0.15) is 27.4 Å². The molecule has 2 aromatic carbocycles. The summed E-state index contributed by atoms with van der Waals surface area (Å²) in [7, 11) is 0. The van der Waals surface area contributed by atoms with Gasteiger partial charge in [0.05, 0.1) is 23.1 Å². The number of carbonyl (C=O) groups excluding carboxylic acids is 1. The number of nitrogens with one attached hydrogen (secondary N) is 3. The second kappa shape index (κ2) is 7.70. The second-order valence-electron chi connectivity index (χ2n) is 7.57. The molecule has 33 heavy (non-hydrogen) atoms. The topological polar surface area (TPSA) is 76.8 Å². The van der Waals surface area contributed by atoms with Gasteiger partial charge in [-0.15, -0.1) is 0 Å². The standard InChI is InChI=1S/C24H18F3N5O/c1-14-6-7-15-12-20(23(33)28-13-21-29-18-4-2-3-5-19(18)30-21)31-22(15)32(14)17-10-8-16(9-11-17)24(25,26)27/h2-12,31H,1,13H2,(H,28,33)(H,29,30). The van der Waals surface area contributed by atoms with Crippen LogP contribution < -0.4 is 10.2 Å². The van der Waals surface area contributed by atoms with Crippen molar-refractivity contribution in [1.82, 2.24) is 20.3 Å². The lowest BCUT2D eigenvalue weighted by Gasteiger charge is -2.27. The first-order valence-corrected chi connectivity index (χ1v) is 10.1. The van der Waals surface area contributed by atoms with Crippen LogP contribution >= 0.6 is 0 Å². The summed E-state index contributed by atoms with van der Waals surface area (Å²) in [5, 5.41) is 2.82. The fourth-order valence-corrected chi connectivity index (χ4v) is 3.74. The molecule has 6 nitrogen and oxygen atoms in total. The third-order valence-corrected chi connectivity index (χ3v) is 5.34. The number of aromatic amines is 2. The molecule has 0 spiro atoms. The van der Waals surface area contributed by atoms with Crippen LogP contribution in [0.25, 0.3) is 17.1 Å². The number of fused-ring (bicyclic) bond motifs is 2. The van der Waals surface area contributed by atoms with Gasteiger partial charge in [0.25, 0.3) is 5.91 Å². The highest BCUT2D eigenvalue weighted by atomic mass is 19.4. The molecular weight excluding hydrogens is 431 g/mol. The number of rotatable bonds is 4. The minimum Gasteiger partial charge on any atom is -0.344 e. The number of H-pyrrole nitrogens is 2. The normalized spacial score (nSPS) is 13.4. The fraction of sp³-hybridized carbons (Fsp3) is 0.0833. The third kappa shape index (κ3) is 3.89. The zero-order chi connectivity index (χ0) is 23.2. The first-order chi connectivity index (χ1) is 15.8. The van der Waals surface area contributed by atoms with Gasteiger partial charge in [-0.25, -0.2) is 4.98 Å². The van der Waals surface area contributed by atoms with Gasteiger partial charge in [0.2, 0.25) is 0 Å². The SMILES string of the molecule is C=C1C=Cc2cc(C(=O)NCc3nc4ccccc4[nH]3)[nH]c2N1c1ccc(C(F)(F)F)cc1. The Bertz CT molecular complexity index is 1360. The molecule has 0 aliphatic carbocycles. The molecule has 0 radical (unpaired) electrons. The number of aromatic nitrogens is 3. The van der Waals surface area contributed by atoms with Crippen molar-refractivity contribution in [2.24, 2.45) is 0 Å². The summed E-state index contributed by atoms with van der Waals surface area (Å²) in [5.74, 6) is 0.841. The molecule has 0 unspecified atom stereocenters. The highest BCUT2D eigenvalue weighted by molar-refractivity contribution is 5.96. The summed E-state index contributed by atoms with van der Waals surface area (Å²) < 4.78 is 38.8. The Morgan fingerprint density at radius 1 is 1.06 bits per heavy atom. The first kappa shape index (κ1) is 20.6. The molecule has 1 aliphatic rings. The summed E-state index contributed by atoms with van der Waals surface area (Å²) in [6.45, 7) is 4.19. The van der Waals surface area contributed by atoms with Gasteiger partial charge in [-0.3, -0.25) is 9.69 Å². The lowest BCUT2D eigenvalue weighted by atomic mass is 10.1. The predicted octanol–water partition coefficient (Wildman–Crippen LogP) is 5.52. The molecule has 1 aliphatic heterocycles. The van der Waals surface area contributed by atoms with E-state index in [1.807, 2.05) is 24.3 Å². The van der Waals surface area contributed by atoms with Crippen LogP contribution in [0.15, 0.2) is 72.9 Å². The van der Waals surface area contributed by atoms with E-state index in [2.05, 4.69) is 26.8 Å². The maximum Gasteiger partial charge on any atom is 0.416 e. The molecule has 0 atom stereocenters. The number of halogens is 3. The zero-order valence-corrected chi connectivity index (χ0v) is 17.2. The Hall–Kier alpha value is -4.27. The number of anilines is 2. The van der Waals surface area contributed by atoms with E-state index < -0.39 is 11.7 Å². The number of para-hydroxylation sites is 2. The second-order valence-corrected chi connectivity index (χ2v) is 7.57. The molecule has 4 aromatic rings. The molecule has 166 valence electrons. The van der Waals surface area contributed by atoms with E-state index in [0.29, 0.717) is 28.7 Å². The predicted molar refractivity (Wildman–Crippen MR) is 120 cm³/mol. The fourth-order valence-electron chi connectivity index (χ4n) is 3.74. The van der Waals surface area contributed by atoms with E-state index in [1.165, 1.54) is 12.1 Å². The average Bonchev–Trinajstić information content (AvgIpc) is 3.41. The van der Waals surface area contributed by atoms with Gasteiger partial charge in [0, 0.05) is 16.9 Å². The minimum absolute atomic E-state index is 0.211. The van der Waals surface area contributed by atoms with Gasteiger partial charge in [0.1, 0.15) is 17.3 Å². The van der Waals surface area contributed by atoms with Crippen LogP contribution in [0.2, 0.25) is 0 Å². The van der Waals surface area contributed by atoms with E-state index in [1.54, 1.807) is 23.1 Å². The zero-order valence-electron chi connectivity index (χ0n) is 17.2. The number of hydrogen-bond acceptors (Lipinski definition) is 3. The van der Waals surface area contributed by atoms with E-state index in [-0.39, 0.29) is 12.5 Å². The lowest BCUT2D eigenvalue weighted by Crippen LogP contribution is -2.24. The number of amides is 1. The Balaban J connectivity index is 1.37. The number of carbonyl (C=O) groups is 1. The maximum atomic E-state index is 12.9. The van der Waals surface area contributed by atoms with E-state index in [9.17, 15) is 18.0 Å². The monoisotopic (exact) mass is 449 g/mol. The maximum absolute atomic E-state index is 12.9. The summed E-state index contributed by atoms with van der Waals surface area (Å²) in [4.78, 5) is 25.1. The largest absolute Gasteiger partial charge is 0.416 e. The number of allylic oxidation sites excluding steroid dienone is 1. The number of benzene rings is 2. The van der Waals surface area contributed by atoms with E-state index in [0.717, 1.165) is 28.7 Å². The van der Waals surface area contributed by atoms with Crippen LogP contribution in [-0.2, 0) is 12.7 Å². The molecule has 0 bridgehead atoms. The van der Waals surface area contributed by atoms with Crippen molar-refractivity contribution >= 4 is 34.5 Å². The Labute approximate surface area is 186 Å². The molecule has 0 saturated heterocycles. The van der Waals surface area contributed by atoms with Gasteiger partial charge < -0.3 is 15.3 Å². The van der Waals surface area contributed by atoms with Crippen molar-refractivity contribution in [2.45, 2.75) is 12.7 Å². The van der Waals surface area contributed by atoms with Crippen LogP contribution in [-0.4, -0.2) is 20.9 Å². The van der Waals surface area contributed by atoms with Crippen LogP contribution in [0.5, 0.6) is 0 Å². The lowest BCUT2D eigenvalue weighted by molar-refractivity contribution is -0.137. The highest BCUT2D eigenvalue weighted by Crippen LogP contribution is 2.38. The number of hydrogen-bond donors (Lipinski definition) is 3. The van der Waals surface area contributed by atoms with Crippen molar-refractivity contribution in [3.63, 3.8) is 0 Å². The van der Waals surface area contributed by atoms with Gasteiger partial charge in [-0.2, -0.15) is 13.2 Å². The van der Waals surface area contributed by atoms with Gasteiger partial charge >= 0.3 is 6.18 Å². The number of nitrogens with zero attached hydrogens (tertiary/aromatic N) is 2. The van der Waals surface area contributed by atoms with Crippen molar-refractivity contribution in [3.8, 4) is 0 Å². The van der Waals surface area contributed by atoms with Gasteiger partial charge in [-0.1, -0.05) is 18.7 Å². The van der Waals surface area contributed by atoms with Crippen LogP contribution in [0, 0.1) is 0 Å². The highest BCUT2D eigenvalue weighted by Gasteiger charge is 2.31. The minimum atomic E-state index is -4.42. The van der Waals surface area contributed by atoms with E-state index >= 15 is 0 Å². The average molecular weight is 449 g/mol. The molecule has 9 heteroatoms. The molecule has 1 amide bonds. The van der Waals surface area contributed by atoms with Gasteiger partial charge in [-0.05, 0) is 54.6 Å². The third-order valence-electron chi connectivity index (χ3n) is 5.34. The van der Waals surface area contributed by atoms with Crippen molar-refractivity contribution in [3.05, 3.63) is 95.6 Å².